The van der Waals surface area contributed by atoms with E-state index in [1.165, 1.54) is 0 Å². The van der Waals surface area contributed by atoms with Gasteiger partial charge in [-0.05, 0) is 42.0 Å². The van der Waals surface area contributed by atoms with Crippen LogP contribution in [0.3, 0.4) is 0 Å². The highest BCUT2D eigenvalue weighted by Crippen LogP contribution is 2.23. The Balaban J connectivity index is 0.00000306. The molecule has 1 aliphatic rings. The van der Waals surface area contributed by atoms with Gasteiger partial charge in [-0.2, -0.15) is 5.26 Å². The summed E-state index contributed by atoms with van der Waals surface area (Å²) in [6.07, 6.45) is 6.36. The van der Waals surface area contributed by atoms with E-state index in [9.17, 15) is 4.79 Å². The SMILES string of the molecule is CCSc1ncccc1C(=O)N1CC[C@H](NCc2cncn2Cc2ccc(C#N)cc2)C1.Cl. The van der Waals surface area contributed by atoms with Gasteiger partial charge in [-0.1, -0.05) is 19.1 Å². The molecule has 9 heteroatoms. The summed E-state index contributed by atoms with van der Waals surface area (Å²) in [5.41, 5.74) is 3.57. The molecular weight excluding hydrogens is 456 g/mol. The van der Waals surface area contributed by atoms with E-state index >= 15 is 0 Å². The molecular formula is C24H27ClN6OS. The molecule has 7 nitrogen and oxygen atoms in total. The largest absolute Gasteiger partial charge is 0.337 e. The van der Waals surface area contributed by atoms with Crippen LogP contribution in [0.2, 0.25) is 0 Å². The maximum Gasteiger partial charge on any atom is 0.256 e. The van der Waals surface area contributed by atoms with Crippen LogP contribution in [0.25, 0.3) is 0 Å². The molecule has 2 aromatic heterocycles. The third-order valence-electron chi connectivity index (χ3n) is 5.56. The minimum Gasteiger partial charge on any atom is -0.337 e. The number of hydrogen-bond acceptors (Lipinski definition) is 6. The fraction of sp³-hybridized carbons (Fsp3) is 0.333. The number of aromatic nitrogens is 3. The number of nitrogens with zero attached hydrogens (tertiary/aromatic N) is 5. The van der Waals surface area contributed by atoms with E-state index in [4.69, 9.17) is 5.26 Å². The lowest BCUT2D eigenvalue weighted by Gasteiger charge is -2.18. The smallest absolute Gasteiger partial charge is 0.256 e. The van der Waals surface area contributed by atoms with Crippen LogP contribution in [0, 0.1) is 11.3 Å². The normalized spacial score (nSPS) is 15.2. The summed E-state index contributed by atoms with van der Waals surface area (Å²) in [4.78, 5) is 23.6. The number of amides is 1. The molecule has 1 saturated heterocycles. The van der Waals surface area contributed by atoms with E-state index in [2.05, 4.69) is 32.8 Å². The minimum atomic E-state index is 0. The number of pyridine rings is 1. The third-order valence-corrected chi connectivity index (χ3v) is 6.45. The van der Waals surface area contributed by atoms with Crippen molar-refractivity contribution in [2.45, 2.75) is 37.5 Å². The molecule has 0 aliphatic carbocycles. The van der Waals surface area contributed by atoms with E-state index in [1.807, 2.05) is 53.8 Å². The third kappa shape index (κ3) is 6.14. The van der Waals surface area contributed by atoms with Gasteiger partial charge in [0.1, 0.15) is 5.03 Å². The Hall–Kier alpha value is -2.86. The van der Waals surface area contributed by atoms with E-state index in [0.717, 1.165) is 35.0 Å². The molecule has 0 bridgehead atoms. The maximum absolute atomic E-state index is 13.0. The maximum atomic E-state index is 13.0. The van der Waals surface area contributed by atoms with Gasteiger partial charge in [0.25, 0.3) is 5.91 Å². The standard InChI is InChI=1S/C24H26N6OS.ClH/c1-2-32-23-22(4-3-10-27-23)24(31)29-11-9-20(16-29)28-14-21-13-26-17-30(21)15-19-7-5-18(12-25)6-8-19;/h3-8,10,13,17,20,28H,2,9,11,14-16H2,1H3;1H/t20-;/m0./s1. The number of nitrogens with one attached hydrogen (secondary N) is 1. The van der Waals surface area contributed by atoms with Crippen molar-refractivity contribution in [2.24, 2.45) is 0 Å². The molecule has 1 fully saturated rings. The Morgan fingerprint density at radius 1 is 1.30 bits per heavy atom. The zero-order chi connectivity index (χ0) is 22.3. The first-order valence-electron chi connectivity index (χ1n) is 10.8. The average Bonchev–Trinajstić information content (AvgIpc) is 3.48. The monoisotopic (exact) mass is 482 g/mol. The lowest BCUT2D eigenvalue weighted by Crippen LogP contribution is -2.35. The lowest BCUT2D eigenvalue weighted by atomic mass is 10.1. The van der Waals surface area contributed by atoms with Gasteiger partial charge in [-0.3, -0.25) is 4.79 Å². The second-order valence-electron chi connectivity index (χ2n) is 7.73. The Morgan fingerprint density at radius 3 is 2.88 bits per heavy atom. The molecule has 0 spiro atoms. The quantitative estimate of drug-likeness (QED) is 0.492. The summed E-state index contributed by atoms with van der Waals surface area (Å²) in [6, 6.07) is 13.7. The highest BCUT2D eigenvalue weighted by molar-refractivity contribution is 7.99. The van der Waals surface area contributed by atoms with Crippen molar-refractivity contribution in [3.8, 4) is 6.07 Å². The van der Waals surface area contributed by atoms with Crippen molar-refractivity contribution < 1.29 is 4.79 Å². The van der Waals surface area contributed by atoms with E-state index in [1.54, 1.807) is 18.0 Å². The molecule has 4 rings (SSSR count). The van der Waals surface area contributed by atoms with Crippen LogP contribution in [0.4, 0.5) is 0 Å². The number of thioether (sulfide) groups is 1. The predicted octanol–water partition coefficient (Wildman–Crippen LogP) is 3.74. The molecule has 3 heterocycles. The molecule has 0 radical (unpaired) electrons. The fourth-order valence-electron chi connectivity index (χ4n) is 3.86. The Bertz CT molecular complexity index is 1110. The van der Waals surface area contributed by atoms with Gasteiger partial charge >= 0.3 is 0 Å². The molecule has 1 amide bonds. The highest BCUT2D eigenvalue weighted by atomic mass is 35.5. The Labute approximate surface area is 204 Å². The number of benzene rings is 1. The first kappa shape index (κ1) is 24.8. The first-order valence-corrected chi connectivity index (χ1v) is 11.7. The number of hydrogen-bond donors (Lipinski definition) is 1. The summed E-state index contributed by atoms with van der Waals surface area (Å²) >= 11 is 1.60. The summed E-state index contributed by atoms with van der Waals surface area (Å²) in [7, 11) is 0. The molecule has 172 valence electrons. The predicted molar refractivity (Wildman–Crippen MR) is 132 cm³/mol. The number of imidazole rings is 1. The fourth-order valence-corrected chi connectivity index (χ4v) is 4.57. The van der Waals surface area contributed by atoms with Crippen molar-refractivity contribution >= 4 is 30.1 Å². The summed E-state index contributed by atoms with van der Waals surface area (Å²) in [6.45, 7) is 4.89. The van der Waals surface area contributed by atoms with Gasteiger partial charge in [0.15, 0.2) is 0 Å². The van der Waals surface area contributed by atoms with E-state index in [0.29, 0.717) is 30.8 Å². The van der Waals surface area contributed by atoms with Crippen LogP contribution < -0.4 is 5.32 Å². The number of carbonyl (C=O) groups is 1. The zero-order valence-corrected chi connectivity index (χ0v) is 20.1. The number of carbonyl (C=O) groups excluding carboxylic acids is 1. The molecule has 0 unspecified atom stereocenters. The molecule has 1 N–H and O–H groups in total. The van der Waals surface area contributed by atoms with Gasteiger partial charge in [0, 0.05) is 44.6 Å². The first-order chi connectivity index (χ1) is 15.7. The number of nitriles is 1. The number of rotatable bonds is 8. The molecule has 3 aromatic rings. The highest BCUT2D eigenvalue weighted by Gasteiger charge is 2.28. The summed E-state index contributed by atoms with van der Waals surface area (Å²) in [5.74, 6) is 0.946. The van der Waals surface area contributed by atoms with Crippen molar-refractivity contribution in [3.63, 3.8) is 0 Å². The second-order valence-corrected chi connectivity index (χ2v) is 8.98. The second kappa shape index (κ2) is 11.8. The molecule has 0 saturated carbocycles. The van der Waals surface area contributed by atoms with Crippen molar-refractivity contribution in [1.29, 1.82) is 5.26 Å². The van der Waals surface area contributed by atoms with Crippen LogP contribution >= 0.6 is 24.2 Å². The summed E-state index contributed by atoms with van der Waals surface area (Å²) < 4.78 is 2.11. The van der Waals surface area contributed by atoms with Crippen LogP contribution in [-0.2, 0) is 13.1 Å². The van der Waals surface area contributed by atoms with Gasteiger partial charge in [0.05, 0.1) is 29.2 Å². The van der Waals surface area contributed by atoms with Crippen LogP contribution in [0.5, 0.6) is 0 Å². The zero-order valence-electron chi connectivity index (χ0n) is 18.5. The Kier molecular flexibility index (Phi) is 8.89. The van der Waals surface area contributed by atoms with Gasteiger partial charge in [-0.15, -0.1) is 24.2 Å². The van der Waals surface area contributed by atoms with Crippen molar-refractivity contribution in [1.82, 2.24) is 24.8 Å². The molecule has 1 aliphatic heterocycles. The molecule has 33 heavy (non-hydrogen) atoms. The van der Waals surface area contributed by atoms with E-state index < -0.39 is 0 Å². The van der Waals surface area contributed by atoms with Crippen LogP contribution in [0.15, 0.2) is 60.1 Å². The average molecular weight is 483 g/mol. The van der Waals surface area contributed by atoms with E-state index in [-0.39, 0.29) is 24.4 Å². The Morgan fingerprint density at radius 2 is 2.12 bits per heavy atom. The van der Waals surface area contributed by atoms with Gasteiger partial charge in [0.2, 0.25) is 0 Å². The lowest BCUT2D eigenvalue weighted by molar-refractivity contribution is 0.0785. The topological polar surface area (TPSA) is 86.8 Å². The van der Waals surface area contributed by atoms with Crippen LogP contribution in [0.1, 0.15) is 40.5 Å². The number of likely N-dealkylation sites (tertiary alicyclic amines) is 1. The van der Waals surface area contributed by atoms with Crippen molar-refractivity contribution in [3.05, 3.63) is 77.5 Å². The molecule has 1 atom stereocenters. The number of halogens is 1. The van der Waals surface area contributed by atoms with Crippen LogP contribution in [-0.4, -0.2) is 50.2 Å². The summed E-state index contributed by atoms with van der Waals surface area (Å²) in [5, 5.41) is 13.4. The van der Waals surface area contributed by atoms with Gasteiger partial charge < -0.3 is 14.8 Å². The van der Waals surface area contributed by atoms with Gasteiger partial charge in [-0.25, -0.2) is 9.97 Å². The minimum absolute atomic E-state index is 0. The van der Waals surface area contributed by atoms with Crippen molar-refractivity contribution in [2.75, 3.05) is 18.8 Å². The molecule has 1 aromatic carbocycles.